The van der Waals surface area contributed by atoms with E-state index in [0.29, 0.717) is 29.0 Å². The second-order valence-electron chi connectivity index (χ2n) is 15.8. The zero-order valence-corrected chi connectivity index (χ0v) is 36.6. The van der Waals surface area contributed by atoms with Gasteiger partial charge in [0.2, 0.25) is 0 Å². The molecule has 17 heteroatoms. The van der Waals surface area contributed by atoms with Gasteiger partial charge in [0, 0.05) is 57.1 Å². The number of carbonyl (C=O) groups excluding carboxylic acids is 2. The Hall–Kier alpha value is -6.50. The number of hydrogen-bond donors (Lipinski definition) is 4. The summed E-state index contributed by atoms with van der Waals surface area (Å²) < 4.78 is 9.29. The monoisotopic (exact) mass is 852 g/mol. The third-order valence-corrected chi connectivity index (χ3v) is 11.5. The summed E-state index contributed by atoms with van der Waals surface area (Å²) in [5.41, 5.74) is 15.0. The van der Waals surface area contributed by atoms with Crippen LogP contribution in [0.25, 0.3) is 55.4 Å². The quantitative estimate of drug-likeness (QED) is 0.105. The molecule has 2 aliphatic rings. The molecular formula is C46H56N14O3. The Balaban J connectivity index is 0.000000163. The third-order valence-electron chi connectivity index (χ3n) is 11.5. The van der Waals surface area contributed by atoms with Crippen molar-refractivity contribution < 1.29 is 14.3 Å². The van der Waals surface area contributed by atoms with Crippen molar-refractivity contribution in [1.82, 2.24) is 54.8 Å². The lowest BCUT2D eigenvalue weighted by Gasteiger charge is -2.22. The number of ether oxygens (including phenoxy) is 1. The topological polar surface area (TPSA) is 179 Å². The Morgan fingerprint density at radius 1 is 0.619 bits per heavy atom. The van der Waals surface area contributed by atoms with Crippen LogP contribution in [0.1, 0.15) is 40.5 Å². The molecule has 8 aromatic rings. The fraction of sp³-hybridized carbons (Fsp3) is 0.348. The summed E-state index contributed by atoms with van der Waals surface area (Å²) in [5, 5.41) is 1.80. The minimum atomic E-state index is -0.362. The summed E-state index contributed by atoms with van der Waals surface area (Å²) >= 11 is 0. The van der Waals surface area contributed by atoms with E-state index in [-0.39, 0.29) is 11.9 Å². The number of rotatable bonds is 6. The zero-order valence-electron chi connectivity index (χ0n) is 36.6. The van der Waals surface area contributed by atoms with Gasteiger partial charge in [0.1, 0.15) is 28.5 Å². The molecule has 2 fully saturated rings. The number of carbonyl (C=O) groups is 2. The molecular weight excluding hydrogens is 797 g/mol. The average molecular weight is 853 g/mol. The van der Waals surface area contributed by atoms with Crippen LogP contribution in [-0.4, -0.2) is 138 Å². The molecule has 2 saturated heterocycles. The van der Waals surface area contributed by atoms with E-state index in [0.717, 1.165) is 121 Å². The minimum Gasteiger partial charge on any atom is -0.462 e. The maximum absolute atomic E-state index is 12.7. The number of nitrogens with two attached hydrogens (primary N) is 1. The van der Waals surface area contributed by atoms with Crippen LogP contribution in [-0.2, 0) is 4.74 Å². The van der Waals surface area contributed by atoms with E-state index in [9.17, 15) is 9.59 Å². The van der Waals surface area contributed by atoms with Gasteiger partial charge in [0.25, 0.3) is 5.91 Å². The van der Waals surface area contributed by atoms with Gasteiger partial charge in [0.05, 0.1) is 34.2 Å². The van der Waals surface area contributed by atoms with E-state index < -0.39 is 0 Å². The van der Waals surface area contributed by atoms with Crippen LogP contribution in [0.2, 0.25) is 0 Å². The van der Waals surface area contributed by atoms with E-state index in [1.807, 2.05) is 88.5 Å². The number of hydrogen-bond acceptors (Lipinski definition) is 14. The van der Waals surface area contributed by atoms with E-state index in [2.05, 4.69) is 67.9 Å². The van der Waals surface area contributed by atoms with Crippen LogP contribution in [0.4, 0.5) is 11.6 Å². The summed E-state index contributed by atoms with van der Waals surface area (Å²) in [6, 6.07) is 27.7. The van der Waals surface area contributed by atoms with Gasteiger partial charge in [-0.25, -0.2) is 30.2 Å². The molecule has 10 rings (SSSR count). The first-order valence-electron chi connectivity index (χ1n) is 21.5. The Kier molecular flexibility index (Phi) is 13.2. The first-order chi connectivity index (χ1) is 30.7. The van der Waals surface area contributed by atoms with Crippen LogP contribution in [0.3, 0.4) is 0 Å². The average Bonchev–Trinajstić information content (AvgIpc) is 3.71. The molecule has 0 radical (unpaired) electrons. The highest BCUT2D eigenvalue weighted by atomic mass is 16.5. The number of esters is 1. The highest BCUT2D eigenvalue weighted by molar-refractivity contribution is 6.06. The highest BCUT2D eigenvalue weighted by Gasteiger charge is 2.23. The number of amides is 1. The molecule has 2 aliphatic heterocycles. The van der Waals surface area contributed by atoms with Gasteiger partial charge < -0.3 is 24.3 Å². The number of pyridine rings is 4. The summed E-state index contributed by atoms with van der Waals surface area (Å²) in [6.07, 6.45) is 2.23. The lowest BCUT2D eigenvalue weighted by Crippen LogP contribution is -2.34. The van der Waals surface area contributed by atoms with Crippen LogP contribution in [0.15, 0.2) is 84.9 Å². The van der Waals surface area contributed by atoms with Crippen molar-refractivity contribution in [3.8, 4) is 0 Å². The maximum Gasteiger partial charge on any atom is 0.341 e. The predicted octanol–water partition coefficient (Wildman–Crippen LogP) is 4.48. The Morgan fingerprint density at radius 3 is 1.59 bits per heavy atom. The number of likely N-dealkylation sites (N-methyl/N-ethyl adjacent to an activating group) is 2. The number of aromatic nitrogens is 6. The third kappa shape index (κ3) is 8.91. The number of fused-ring (bicyclic) bond motifs is 10. The van der Waals surface area contributed by atoms with Gasteiger partial charge in [-0.05, 0) is 115 Å². The standard InChI is InChI=1S/C23H25N5O2.C22H25N7O.CH6N2/c1-3-30-23(29)17-15-16-9-10-20(27-12-6-11-26(2)13-14-27)25-21(16)28-19-8-5-4-7-18(19)24-22(17)28;1-23-26-22(30)16-14-15-8-9-19(28-11-5-10-27(2)12-13-28)25-20(15)29-18-7-4-3-6-17(18)24-21(16)29;1-3-2/h4-5,7-10,15H,3,6,11-14H2,1-2H3;3-4,6-9,14,23H,5,10-13H2,1-2H3,(H,26,30);3H,2H2,1H3. The van der Waals surface area contributed by atoms with Crippen molar-refractivity contribution in [2.75, 3.05) is 97.0 Å². The zero-order chi connectivity index (χ0) is 44.0. The van der Waals surface area contributed by atoms with Crippen molar-refractivity contribution in [3.05, 3.63) is 96.1 Å². The molecule has 63 heavy (non-hydrogen) atoms. The van der Waals surface area contributed by atoms with Crippen molar-refractivity contribution in [1.29, 1.82) is 0 Å². The molecule has 2 aromatic carbocycles. The first-order valence-corrected chi connectivity index (χ1v) is 21.5. The maximum atomic E-state index is 12.7. The van der Waals surface area contributed by atoms with Gasteiger partial charge in [-0.3, -0.25) is 30.3 Å². The molecule has 17 nitrogen and oxygen atoms in total. The molecule has 1 amide bonds. The van der Waals surface area contributed by atoms with Gasteiger partial charge in [-0.1, -0.05) is 24.3 Å². The molecule has 0 unspecified atom stereocenters. The number of para-hydroxylation sites is 4. The Labute approximate surface area is 365 Å². The van der Waals surface area contributed by atoms with Crippen LogP contribution >= 0.6 is 0 Å². The number of nitrogens with zero attached hydrogens (tertiary/aromatic N) is 10. The lowest BCUT2D eigenvalue weighted by molar-refractivity contribution is 0.0528. The van der Waals surface area contributed by atoms with Gasteiger partial charge in [-0.2, -0.15) is 0 Å². The van der Waals surface area contributed by atoms with Crippen LogP contribution < -0.4 is 31.9 Å². The van der Waals surface area contributed by atoms with E-state index in [1.54, 1.807) is 14.1 Å². The number of anilines is 2. The molecule has 328 valence electrons. The molecule has 0 aliphatic carbocycles. The predicted molar refractivity (Wildman–Crippen MR) is 250 cm³/mol. The number of hydrazine groups is 2. The Bertz CT molecular complexity index is 2720. The fourth-order valence-electron chi connectivity index (χ4n) is 8.37. The lowest BCUT2D eigenvalue weighted by atomic mass is 10.2. The minimum absolute atomic E-state index is 0.223. The van der Waals surface area contributed by atoms with E-state index in [4.69, 9.17) is 24.7 Å². The van der Waals surface area contributed by atoms with Gasteiger partial charge in [0.15, 0.2) is 11.3 Å². The van der Waals surface area contributed by atoms with Crippen LogP contribution in [0, 0.1) is 0 Å². The summed E-state index contributed by atoms with van der Waals surface area (Å²) in [6.45, 7) is 10.2. The summed E-state index contributed by atoms with van der Waals surface area (Å²) in [5.74, 6) is 5.93. The summed E-state index contributed by atoms with van der Waals surface area (Å²) in [4.78, 5) is 54.3. The van der Waals surface area contributed by atoms with Crippen molar-refractivity contribution in [3.63, 3.8) is 0 Å². The number of imidazole rings is 2. The molecule has 0 spiro atoms. The molecule has 8 heterocycles. The van der Waals surface area contributed by atoms with Crippen molar-refractivity contribution >= 4 is 78.9 Å². The fourth-order valence-corrected chi connectivity index (χ4v) is 8.37. The van der Waals surface area contributed by atoms with Gasteiger partial charge >= 0.3 is 5.97 Å². The molecule has 0 saturated carbocycles. The molecule has 0 atom stereocenters. The van der Waals surface area contributed by atoms with Crippen molar-refractivity contribution in [2.45, 2.75) is 19.8 Å². The van der Waals surface area contributed by atoms with Gasteiger partial charge in [-0.15, -0.1) is 0 Å². The SMILES string of the molecule is CCOC(=O)c1cc2ccc(N3CCCN(C)CC3)nc2n2c1nc1ccccc12.CNN.CNNC(=O)c1cc2ccc(N3CCCN(C)CC3)nc2n2c1nc1ccccc12. The second kappa shape index (κ2) is 19.3. The molecule has 6 aromatic heterocycles. The second-order valence-corrected chi connectivity index (χ2v) is 15.8. The highest BCUT2D eigenvalue weighted by Crippen LogP contribution is 2.30. The smallest absolute Gasteiger partial charge is 0.341 e. The summed E-state index contributed by atoms with van der Waals surface area (Å²) in [7, 11) is 7.65. The first kappa shape index (κ1) is 43.2. The van der Waals surface area contributed by atoms with Crippen molar-refractivity contribution in [2.24, 2.45) is 5.84 Å². The van der Waals surface area contributed by atoms with E-state index in [1.165, 1.54) is 0 Å². The Morgan fingerprint density at radius 2 is 1.10 bits per heavy atom. The molecule has 0 bridgehead atoms. The number of nitrogens with one attached hydrogen (secondary N) is 3. The van der Waals surface area contributed by atoms with Crippen LogP contribution in [0.5, 0.6) is 0 Å². The largest absolute Gasteiger partial charge is 0.462 e. The number of benzene rings is 2. The van der Waals surface area contributed by atoms with E-state index >= 15 is 0 Å². The normalized spacial score (nSPS) is 15.3. The molecule has 5 N–H and O–H groups in total.